The van der Waals surface area contributed by atoms with Crippen LogP contribution in [0.15, 0.2) is 35.2 Å². The van der Waals surface area contributed by atoms with Gasteiger partial charge in [-0.3, -0.25) is 4.79 Å². The van der Waals surface area contributed by atoms with Crippen LogP contribution in [0.4, 0.5) is 0 Å². The highest BCUT2D eigenvalue weighted by atomic mass is 16.5. The Morgan fingerprint density at radius 1 is 1.42 bits per heavy atom. The van der Waals surface area contributed by atoms with Crippen LogP contribution in [-0.2, 0) is 4.74 Å². The van der Waals surface area contributed by atoms with Gasteiger partial charge in [-0.25, -0.2) is 0 Å². The van der Waals surface area contributed by atoms with Crippen molar-refractivity contribution in [1.29, 1.82) is 0 Å². The maximum atomic E-state index is 11.9. The summed E-state index contributed by atoms with van der Waals surface area (Å²) in [5.74, 6) is 0.365. The summed E-state index contributed by atoms with van der Waals surface area (Å²) in [6.45, 7) is 2.36. The number of carbonyl (C=O) groups excluding carboxylic acids is 1. The summed E-state index contributed by atoms with van der Waals surface area (Å²) in [7, 11) is 1.60. The Morgan fingerprint density at radius 3 is 2.74 bits per heavy atom. The number of methoxy groups -OCH3 is 1. The minimum Gasteiger partial charge on any atom is -0.383 e. The van der Waals surface area contributed by atoms with Gasteiger partial charge >= 0.3 is 0 Å². The number of carbonyl (C=O) groups is 1. The number of benzene rings is 1. The molecule has 0 aliphatic rings. The van der Waals surface area contributed by atoms with Crippen molar-refractivity contribution in [2.75, 3.05) is 13.7 Å². The van der Waals surface area contributed by atoms with Crippen molar-refractivity contribution < 1.29 is 14.1 Å². The van der Waals surface area contributed by atoms with Crippen molar-refractivity contribution in [3.05, 3.63) is 36.2 Å². The topological polar surface area (TPSA) is 77.2 Å². The van der Waals surface area contributed by atoms with E-state index in [4.69, 9.17) is 4.74 Å². The van der Waals surface area contributed by atoms with E-state index in [1.165, 1.54) is 6.39 Å². The number of nitrogens with one attached hydrogen (secondary N) is 1. The Bertz CT molecular complexity index is 523. The fraction of sp³-hybridized carbons (Fsp3) is 0.308. The molecule has 1 N–H and O–H groups in total. The Labute approximate surface area is 110 Å². The van der Waals surface area contributed by atoms with Gasteiger partial charge in [0.05, 0.1) is 6.61 Å². The molecule has 0 radical (unpaired) electrons. The first-order chi connectivity index (χ1) is 9.20. The molecule has 0 fully saturated rings. The summed E-state index contributed by atoms with van der Waals surface area (Å²) < 4.78 is 9.64. The Morgan fingerprint density at radius 2 is 2.16 bits per heavy atom. The minimum absolute atomic E-state index is 0.0330. The number of amides is 1. The van der Waals surface area contributed by atoms with Crippen molar-refractivity contribution in [2.24, 2.45) is 0 Å². The first-order valence-electron chi connectivity index (χ1n) is 5.87. The van der Waals surface area contributed by atoms with E-state index in [9.17, 15) is 4.79 Å². The number of hydrogen-bond donors (Lipinski definition) is 1. The highest BCUT2D eigenvalue weighted by molar-refractivity contribution is 5.94. The molecule has 1 aromatic heterocycles. The lowest BCUT2D eigenvalue weighted by Gasteiger charge is -2.12. The molecule has 100 valence electrons. The van der Waals surface area contributed by atoms with Crippen LogP contribution in [0.3, 0.4) is 0 Å². The molecule has 1 aromatic carbocycles. The standard InChI is InChI=1S/C13H15N3O3/c1-9(7-18-2)15-13(17)11-5-3-10(4-6-11)12-14-8-19-16-12/h3-6,8-9H,7H2,1-2H3,(H,15,17)/t9-/m1/s1. The molecule has 0 aliphatic carbocycles. The first kappa shape index (κ1) is 13.2. The molecule has 6 nitrogen and oxygen atoms in total. The zero-order valence-corrected chi connectivity index (χ0v) is 10.8. The monoisotopic (exact) mass is 261 g/mol. The van der Waals surface area contributed by atoms with Crippen LogP contribution in [-0.4, -0.2) is 35.8 Å². The predicted octanol–water partition coefficient (Wildman–Crippen LogP) is 1.50. The largest absolute Gasteiger partial charge is 0.383 e. The quantitative estimate of drug-likeness (QED) is 0.882. The average Bonchev–Trinajstić information content (AvgIpc) is 2.93. The van der Waals surface area contributed by atoms with Gasteiger partial charge in [0.25, 0.3) is 5.91 Å². The number of aromatic nitrogens is 2. The molecule has 2 rings (SSSR count). The highest BCUT2D eigenvalue weighted by Crippen LogP contribution is 2.15. The van der Waals surface area contributed by atoms with Crippen molar-refractivity contribution in [1.82, 2.24) is 15.5 Å². The van der Waals surface area contributed by atoms with E-state index in [-0.39, 0.29) is 11.9 Å². The van der Waals surface area contributed by atoms with E-state index in [0.29, 0.717) is 18.0 Å². The van der Waals surface area contributed by atoms with Crippen LogP contribution in [0.2, 0.25) is 0 Å². The van der Waals surface area contributed by atoms with Crippen LogP contribution >= 0.6 is 0 Å². The molecular formula is C13H15N3O3. The average molecular weight is 261 g/mol. The zero-order valence-electron chi connectivity index (χ0n) is 10.8. The second-order valence-corrected chi connectivity index (χ2v) is 4.16. The number of ether oxygens (including phenoxy) is 1. The summed E-state index contributed by atoms with van der Waals surface area (Å²) in [5, 5.41) is 6.57. The second-order valence-electron chi connectivity index (χ2n) is 4.16. The van der Waals surface area contributed by atoms with Crippen molar-refractivity contribution in [3.63, 3.8) is 0 Å². The van der Waals surface area contributed by atoms with E-state index < -0.39 is 0 Å². The zero-order chi connectivity index (χ0) is 13.7. The van der Waals surface area contributed by atoms with Crippen LogP contribution in [0.25, 0.3) is 11.4 Å². The summed E-state index contributed by atoms with van der Waals surface area (Å²) in [6.07, 6.45) is 1.27. The van der Waals surface area contributed by atoms with Gasteiger partial charge in [0, 0.05) is 24.3 Å². The van der Waals surface area contributed by atoms with Crippen molar-refractivity contribution >= 4 is 5.91 Å². The van der Waals surface area contributed by atoms with Gasteiger partial charge in [0.1, 0.15) is 0 Å². The maximum Gasteiger partial charge on any atom is 0.251 e. The van der Waals surface area contributed by atoms with Crippen molar-refractivity contribution in [2.45, 2.75) is 13.0 Å². The molecule has 0 saturated carbocycles. The molecule has 2 aromatic rings. The second kappa shape index (κ2) is 6.10. The van der Waals surface area contributed by atoms with Gasteiger partial charge in [-0.15, -0.1) is 0 Å². The molecule has 0 spiro atoms. The fourth-order valence-electron chi connectivity index (χ4n) is 1.67. The van der Waals surface area contributed by atoms with E-state index >= 15 is 0 Å². The smallest absolute Gasteiger partial charge is 0.251 e. The fourth-order valence-corrected chi connectivity index (χ4v) is 1.67. The summed E-state index contributed by atoms with van der Waals surface area (Å²) >= 11 is 0. The normalized spacial score (nSPS) is 12.1. The summed E-state index contributed by atoms with van der Waals surface area (Å²) in [6, 6.07) is 6.97. The molecule has 0 unspecified atom stereocenters. The third kappa shape index (κ3) is 3.38. The Balaban J connectivity index is 2.04. The lowest BCUT2D eigenvalue weighted by atomic mass is 10.1. The van der Waals surface area contributed by atoms with Gasteiger partial charge < -0.3 is 14.6 Å². The minimum atomic E-state index is -0.135. The van der Waals surface area contributed by atoms with E-state index in [1.807, 2.05) is 6.92 Å². The maximum absolute atomic E-state index is 11.9. The SMILES string of the molecule is COC[C@@H](C)NC(=O)c1ccc(-c2ncon2)cc1. The van der Waals surface area contributed by atoms with Gasteiger partial charge in [0.2, 0.25) is 12.2 Å². The van der Waals surface area contributed by atoms with E-state index in [1.54, 1.807) is 31.4 Å². The third-order valence-corrected chi connectivity index (χ3v) is 2.56. The molecule has 1 heterocycles. The molecule has 1 amide bonds. The van der Waals surface area contributed by atoms with Gasteiger partial charge in [-0.1, -0.05) is 17.3 Å². The molecule has 0 aliphatic heterocycles. The van der Waals surface area contributed by atoms with Gasteiger partial charge in [-0.05, 0) is 19.1 Å². The first-order valence-corrected chi connectivity index (χ1v) is 5.87. The van der Waals surface area contributed by atoms with E-state index in [2.05, 4.69) is 20.0 Å². The lowest BCUT2D eigenvalue weighted by Crippen LogP contribution is -2.35. The Hall–Kier alpha value is -2.21. The molecule has 0 saturated heterocycles. The number of hydrogen-bond acceptors (Lipinski definition) is 5. The van der Waals surface area contributed by atoms with Crippen LogP contribution < -0.4 is 5.32 Å². The Kier molecular flexibility index (Phi) is 4.25. The number of nitrogens with zero attached hydrogens (tertiary/aromatic N) is 2. The van der Waals surface area contributed by atoms with Gasteiger partial charge in [-0.2, -0.15) is 4.98 Å². The third-order valence-electron chi connectivity index (χ3n) is 2.56. The van der Waals surface area contributed by atoms with Gasteiger partial charge in [0.15, 0.2) is 0 Å². The molecule has 19 heavy (non-hydrogen) atoms. The number of rotatable bonds is 5. The van der Waals surface area contributed by atoms with Crippen molar-refractivity contribution in [3.8, 4) is 11.4 Å². The molecular weight excluding hydrogens is 246 g/mol. The molecule has 6 heteroatoms. The molecule has 1 atom stereocenters. The predicted molar refractivity (Wildman–Crippen MR) is 68.5 cm³/mol. The lowest BCUT2D eigenvalue weighted by molar-refractivity contribution is 0.0905. The van der Waals surface area contributed by atoms with Crippen LogP contribution in [0, 0.1) is 0 Å². The van der Waals surface area contributed by atoms with Crippen LogP contribution in [0.5, 0.6) is 0 Å². The highest BCUT2D eigenvalue weighted by Gasteiger charge is 2.10. The summed E-state index contributed by atoms with van der Waals surface area (Å²) in [4.78, 5) is 15.9. The van der Waals surface area contributed by atoms with E-state index in [0.717, 1.165) is 5.56 Å². The molecule has 0 bridgehead atoms. The van der Waals surface area contributed by atoms with Crippen LogP contribution in [0.1, 0.15) is 17.3 Å². The summed E-state index contributed by atoms with van der Waals surface area (Å²) in [5.41, 5.74) is 1.38.